The van der Waals surface area contributed by atoms with Gasteiger partial charge in [-0.3, -0.25) is 0 Å². The number of aryl methyl sites for hydroxylation is 4. The fourth-order valence-electron chi connectivity index (χ4n) is 10.6. The Morgan fingerprint density at radius 3 is 1.64 bits per heavy atom. The Bertz CT molecular complexity index is 2770. The van der Waals surface area contributed by atoms with Gasteiger partial charge in [0.05, 0.1) is 0 Å². The van der Waals surface area contributed by atoms with Crippen molar-refractivity contribution in [3.63, 3.8) is 0 Å². The van der Waals surface area contributed by atoms with Crippen LogP contribution in [0, 0.1) is 27.7 Å². The Morgan fingerprint density at radius 2 is 1.04 bits per heavy atom. The van der Waals surface area contributed by atoms with E-state index < -0.39 is 21.5 Å². The standard InChI is InChI=1S/C28H23.C21H17.C2H7Si.2ClH.Zr/c1-18-14-19(2)28(20(3)15-18)23-16-22-10-7-13-26(27(22)17-23)25-12-6-9-21-8-4-5-11-24(21)25;1-14-12-20-15(2)10-11-19(21(20)13-14)18-9-5-7-16-6-3-4-8-17(16)18;1-3-2;;;/h4-17H,1-3H3;3-13H,1-2H3;3H,1-2H3;2*1H;/q;;;;;+2/p-2. The van der Waals surface area contributed by atoms with Gasteiger partial charge in [-0.05, 0) is 0 Å². The van der Waals surface area contributed by atoms with Crippen molar-refractivity contribution >= 4 is 62.2 Å². The Labute approximate surface area is 335 Å². The van der Waals surface area contributed by atoms with Gasteiger partial charge in [-0.25, -0.2) is 0 Å². The van der Waals surface area contributed by atoms with Crippen LogP contribution in [-0.4, -0.2) is 5.92 Å². The average molecular weight is 850 g/mol. The third-order valence-corrected chi connectivity index (χ3v) is 64.9. The molecule has 2 unspecified atom stereocenters. The van der Waals surface area contributed by atoms with Crippen LogP contribution in [0.25, 0.3) is 61.5 Å². The summed E-state index contributed by atoms with van der Waals surface area (Å²) in [7, 11) is 18.0. The van der Waals surface area contributed by atoms with Crippen LogP contribution in [0.4, 0.5) is 0 Å². The molecule has 0 nitrogen and oxygen atoms in total. The Balaban J connectivity index is 1.33. The van der Waals surface area contributed by atoms with Crippen LogP contribution in [0.5, 0.6) is 0 Å². The molecule has 9 rings (SSSR count). The summed E-state index contributed by atoms with van der Waals surface area (Å²) in [6.07, 6.45) is 4.96. The van der Waals surface area contributed by atoms with Gasteiger partial charge in [0.25, 0.3) is 0 Å². The zero-order valence-electron chi connectivity index (χ0n) is 32.8. The van der Waals surface area contributed by atoms with E-state index >= 15 is 0 Å². The predicted octanol–water partition coefficient (Wildman–Crippen LogP) is 15.3. The minimum atomic E-state index is -5.15. The summed E-state index contributed by atoms with van der Waals surface area (Å²) in [6, 6.07) is 47.1. The van der Waals surface area contributed by atoms with E-state index in [-0.39, 0.29) is 7.25 Å². The summed E-state index contributed by atoms with van der Waals surface area (Å²) in [5.41, 5.74) is 19.4. The molecule has 0 heterocycles. The summed E-state index contributed by atoms with van der Waals surface area (Å²) in [5, 5.41) is 5.03. The molecule has 2 aliphatic carbocycles. The Morgan fingerprint density at radius 1 is 0.509 bits per heavy atom. The van der Waals surface area contributed by atoms with Crippen LogP contribution in [0.3, 0.4) is 0 Å². The fourth-order valence-corrected chi connectivity index (χ4v) is 42.1. The first-order valence-corrected chi connectivity index (χ1v) is 36.0. The second-order valence-corrected chi connectivity index (χ2v) is 59.1. The van der Waals surface area contributed by atoms with E-state index in [0.717, 1.165) is 0 Å². The van der Waals surface area contributed by atoms with Crippen LogP contribution >= 0.6 is 17.0 Å². The molecule has 273 valence electrons. The summed E-state index contributed by atoms with van der Waals surface area (Å²) in [5.74, 6) is -1.80. The van der Waals surface area contributed by atoms with Crippen LogP contribution in [0.1, 0.15) is 64.2 Å². The molecule has 0 N–H and O–H groups in total. The molecule has 7 aromatic rings. The molecule has 0 saturated heterocycles. The molecule has 2 atom stereocenters. The van der Waals surface area contributed by atoms with E-state index in [2.05, 4.69) is 187 Å². The number of allylic oxidation sites excluding steroid dienone is 2. The molecule has 0 fully saturated rings. The van der Waals surface area contributed by atoms with Crippen molar-refractivity contribution in [3.8, 4) is 22.3 Å². The van der Waals surface area contributed by atoms with Gasteiger partial charge in [0, 0.05) is 0 Å². The zero-order valence-corrected chi connectivity index (χ0v) is 37.9. The maximum atomic E-state index is 8.99. The number of benzene rings is 7. The van der Waals surface area contributed by atoms with Crippen LogP contribution < -0.4 is 0 Å². The van der Waals surface area contributed by atoms with Gasteiger partial charge < -0.3 is 0 Å². The molecule has 2 aliphatic rings. The van der Waals surface area contributed by atoms with E-state index in [1.807, 2.05) is 0 Å². The number of rotatable bonds is 6. The van der Waals surface area contributed by atoms with E-state index in [1.54, 1.807) is 0 Å². The van der Waals surface area contributed by atoms with Crippen LogP contribution in [0.15, 0.2) is 133 Å². The second kappa shape index (κ2) is 13.4. The molecular weight excluding hydrogens is 803 g/mol. The molecule has 55 heavy (non-hydrogen) atoms. The fraction of sp³-hybridized carbons (Fsp3) is 0.176. The van der Waals surface area contributed by atoms with Gasteiger partial charge in [-0.1, -0.05) is 0 Å². The molecule has 0 radical (unpaired) electrons. The summed E-state index contributed by atoms with van der Waals surface area (Å²) >= 11 is -5.15. The summed E-state index contributed by atoms with van der Waals surface area (Å²) < 4.78 is -0.0747. The SMILES string of the molecule is CC1=Cc2c(-c3cccc4ccccc34)ccc(C)c2[CH]1[Zr]([Cl])([Cl])([CH]1C(c2c(C)cc(C)cc2C)=Cc2c(-c3cccc4ccccc34)cccc21)[SiH](C)C. The van der Waals surface area contributed by atoms with Crippen molar-refractivity contribution in [1.29, 1.82) is 0 Å². The van der Waals surface area contributed by atoms with E-state index in [4.69, 9.17) is 17.0 Å². The monoisotopic (exact) mass is 847 g/mol. The number of hydrogen-bond donors (Lipinski definition) is 0. The molecule has 0 aromatic heterocycles. The molecule has 0 spiro atoms. The van der Waals surface area contributed by atoms with Crippen molar-refractivity contribution in [1.82, 2.24) is 0 Å². The number of hydrogen-bond acceptors (Lipinski definition) is 0. The summed E-state index contributed by atoms with van der Waals surface area (Å²) in [4.78, 5) is 0. The van der Waals surface area contributed by atoms with E-state index in [9.17, 15) is 0 Å². The predicted molar refractivity (Wildman–Crippen MR) is 242 cm³/mol. The van der Waals surface area contributed by atoms with Crippen molar-refractivity contribution in [3.05, 3.63) is 183 Å². The Hall–Kier alpha value is -3.78. The molecule has 7 aromatic carbocycles. The van der Waals surface area contributed by atoms with Gasteiger partial charge in [0.2, 0.25) is 0 Å². The molecule has 0 amide bonds. The maximum absolute atomic E-state index is 8.99. The van der Waals surface area contributed by atoms with Crippen molar-refractivity contribution < 1.29 is 15.6 Å². The van der Waals surface area contributed by atoms with Gasteiger partial charge in [-0.15, -0.1) is 0 Å². The van der Waals surface area contributed by atoms with Crippen molar-refractivity contribution in [2.24, 2.45) is 0 Å². The molecule has 0 aliphatic heterocycles. The van der Waals surface area contributed by atoms with Gasteiger partial charge in [-0.2, -0.15) is 0 Å². The van der Waals surface area contributed by atoms with Gasteiger partial charge >= 0.3 is 338 Å². The van der Waals surface area contributed by atoms with Crippen LogP contribution in [0.2, 0.25) is 13.1 Å². The van der Waals surface area contributed by atoms with Crippen molar-refractivity contribution in [2.75, 3.05) is 0 Å². The summed E-state index contributed by atoms with van der Waals surface area (Å²) in [6.45, 7) is 16.3. The van der Waals surface area contributed by atoms with Gasteiger partial charge in [0.15, 0.2) is 0 Å². The normalized spacial score (nSPS) is 17.2. The van der Waals surface area contributed by atoms with Crippen LogP contribution in [-0.2, 0) is 15.6 Å². The minimum absolute atomic E-state index is 0.00649. The molecule has 0 saturated carbocycles. The Kier molecular flexibility index (Phi) is 8.99. The first-order valence-electron chi connectivity index (χ1n) is 19.7. The quantitative estimate of drug-likeness (QED) is 0.146. The topological polar surface area (TPSA) is 0 Å². The zero-order chi connectivity index (χ0) is 38.4. The van der Waals surface area contributed by atoms with Gasteiger partial charge in [0.1, 0.15) is 0 Å². The second-order valence-electron chi connectivity index (χ2n) is 16.6. The molecule has 4 heteroatoms. The average Bonchev–Trinajstić information content (AvgIpc) is 3.74. The molecular formula is C51H47Cl2SiZr. The number of fused-ring (bicyclic) bond motifs is 4. The third kappa shape index (κ3) is 5.54. The van der Waals surface area contributed by atoms with Crippen molar-refractivity contribution in [2.45, 2.75) is 55.0 Å². The number of halogens is 2. The first-order chi connectivity index (χ1) is 26.4. The third-order valence-electron chi connectivity index (χ3n) is 13.0. The van der Waals surface area contributed by atoms with E-state index in [1.165, 1.54) is 105 Å². The first kappa shape index (κ1) is 36.8. The van der Waals surface area contributed by atoms with E-state index in [0.29, 0.717) is 0 Å². The molecule has 0 bridgehead atoms.